The van der Waals surface area contributed by atoms with Crippen LogP contribution in [-0.2, 0) is 4.79 Å². The standard InChI is InChI=1S/C16H23N5O3.HI/c1-17-15(18-8-9-21-14(22)12-19-16(21)23)20(2)10-11-24-13-6-4-3-5-7-13;/h3-7H,8-12H2,1-2H3,(H,17,18)(H,19,23);1H. The van der Waals surface area contributed by atoms with Crippen LogP contribution in [0.25, 0.3) is 0 Å². The molecule has 1 saturated heterocycles. The molecule has 0 unspecified atom stereocenters. The molecule has 2 N–H and O–H groups in total. The summed E-state index contributed by atoms with van der Waals surface area (Å²) in [6.45, 7) is 1.99. The normalized spacial score (nSPS) is 14.0. The van der Waals surface area contributed by atoms with Crippen molar-refractivity contribution in [2.45, 2.75) is 0 Å². The minimum Gasteiger partial charge on any atom is -0.492 e. The summed E-state index contributed by atoms with van der Waals surface area (Å²) in [7, 11) is 3.59. The van der Waals surface area contributed by atoms with Crippen LogP contribution < -0.4 is 15.4 Å². The second-order valence-electron chi connectivity index (χ2n) is 5.26. The first kappa shape index (κ1) is 21.0. The monoisotopic (exact) mass is 461 g/mol. The lowest BCUT2D eigenvalue weighted by Crippen LogP contribution is -2.44. The van der Waals surface area contributed by atoms with Crippen molar-refractivity contribution in [1.82, 2.24) is 20.4 Å². The van der Waals surface area contributed by atoms with Crippen molar-refractivity contribution in [3.63, 3.8) is 0 Å². The Kier molecular flexibility index (Phi) is 9.03. The van der Waals surface area contributed by atoms with Gasteiger partial charge in [0.1, 0.15) is 12.4 Å². The van der Waals surface area contributed by atoms with Gasteiger partial charge in [-0.1, -0.05) is 18.2 Å². The molecule has 9 heteroatoms. The first-order chi connectivity index (χ1) is 11.6. The average Bonchev–Trinajstić information content (AvgIpc) is 2.91. The van der Waals surface area contributed by atoms with Gasteiger partial charge in [-0.15, -0.1) is 24.0 Å². The third-order valence-electron chi connectivity index (χ3n) is 3.57. The van der Waals surface area contributed by atoms with E-state index in [2.05, 4.69) is 15.6 Å². The lowest BCUT2D eigenvalue weighted by molar-refractivity contribution is -0.124. The number of carbonyl (C=O) groups is 2. The highest BCUT2D eigenvalue weighted by Gasteiger charge is 2.27. The molecule has 1 aromatic carbocycles. The molecule has 1 heterocycles. The highest BCUT2D eigenvalue weighted by atomic mass is 127. The zero-order valence-corrected chi connectivity index (χ0v) is 16.7. The quantitative estimate of drug-likeness (QED) is 0.271. The first-order valence-corrected chi connectivity index (χ1v) is 7.79. The maximum Gasteiger partial charge on any atom is 0.324 e. The molecular formula is C16H24IN5O3. The molecular weight excluding hydrogens is 437 g/mol. The Hall–Kier alpha value is -2.04. The zero-order valence-electron chi connectivity index (χ0n) is 14.4. The Balaban J connectivity index is 0.00000312. The smallest absolute Gasteiger partial charge is 0.324 e. The van der Waals surface area contributed by atoms with Crippen molar-refractivity contribution < 1.29 is 14.3 Å². The number of amides is 3. The average molecular weight is 461 g/mol. The Morgan fingerprint density at radius 1 is 1.36 bits per heavy atom. The summed E-state index contributed by atoms with van der Waals surface area (Å²) in [5.74, 6) is 1.30. The molecule has 1 aliphatic heterocycles. The van der Waals surface area contributed by atoms with Crippen molar-refractivity contribution in [3.05, 3.63) is 30.3 Å². The lowest BCUT2D eigenvalue weighted by Gasteiger charge is -2.23. The number of halogens is 1. The second-order valence-corrected chi connectivity index (χ2v) is 5.26. The topological polar surface area (TPSA) is 86.3 Å². The minimum atomic E-state index is -0.346. The molecule has 0 spiro atoms. The second kappa shape index (κ2) is 10.7. The largest absolute Gasteiger partial charge is 0.492 e. The fourth-order valence-corrected chi connectivity index (χ4v) is 2.27. The highest BCUT2D eigenvalue weighted by Crippen LogP contribution is 2.07. The van der Waals surface area contributed by atoms with E-state index in [0.717, 1.165) is 5.75 Å². The van der Waals surface area contributed by atoms with E-state index in [0.29, 0.717) is 32.2 Å². The van der Waals surface area contributed by atoms with Crippen molar-refractivity contribution in [2.24, 2.45) is 4.99 Å². The van der Waals surface area contributed by atoms with E-state index in [1.807, 2.05) is 42.3 Å². The predicted octanol–water partition coefficient (Wildman–Crippen LogP) is 0.742. The fourth-order valence-electron chi connectivity index (χ4n) is 2.27. The molecule has 3 amide bonds. The summed E-state index contributed by atoms with van der Waals surface area (Å²) in [5.41, 5.74) is 0. The number of benzene rings is 1. The number of nitrogens with one attached hydrogen (secondary N) is 2. The van der Waals surface area contributed by atoms with Gasteiger partial charge >= 0.3 is 6.03 Å². The predicted molar refractivity (Wildman–Crippen MR) is 106 cm³/mol. The summed E-state index contributed by atoms with van der Waals surface area (Å²) in [6, 6.07) is 9.26. The van der Waals surface area contributed by atoms with E-state index in [4.69, 9.17) is 4.74 Å². The first-order valence-electron chi connectivity index (χ1n) is 7.79. The van der Waals surface area contributed by atoms with Gasteiger partial charge in [0.2, 0.25) is 5.91 Å². The number of rotatable bonds is 7. The molecule has 0 aliphatic carbocycles. The molecule has 138 valence electrons. The molecule has 0 saturated carbocycles. The van der Waals surface area contributed by atoms with Gasteiger partial charge in [0, 0.05) is 27.2 Å². The summed E-state index contributed by atoms with van der Waals surface area (Å²) in [5, 5.41) is 5.62. The number of para-hydroxylation sites is 1. The van der Waals surface area contributed by atoms with E-state index in [9.17, 15) is 9.59 Å². The van der Waals surface area contributed by atoms with Crippen LogP contribution in [0.15, 0.2) is 35.3 Å². The zero-order chi connectivity index (χ0) is 17.4. The van der Waals surface area contributed by atoms with Crippen LogP contribution in [0.4, 0.5) is 4.79 Å². The molecule has 2 rings (SSSR count). The number of urea groups is 1. The molecule has 0 aromatic heterocycles. The van der Waals surface area contributed by atoms with Crippen molar-refractivity contribution in [2.75, 3.05) is 46.9 Å². The minimum absolute atomic E-state index is 0. The van der Waals surface area contributed by atoms with Gasteiger partial charge in [0.25, 0.3) is 0 Å². The summed E-state index contributed by atoms with van der Waals surface area (Å²) < 4.78 is 5.65. The Bertz CT molecular complexity index is 581. The number of ether oxygens (including phenoxy) is 1. The number of aliphatic imine (C=N–C) groups is 1. The van der Waals surface area contributed by atoms with Crippen molar-refractivity contribution in [3.8, 4) is 5.75 Å². The van der Waals surface area contributed by atoms with Gasteiger partial charge < -0.3 is 20.3 Å². The highest BCUT2D eigenvalue weighted by molar-refractivity contribution is 14.0. The van der Waals surface area contributed by atoms with Gasteiger partial charge in [-0.25, -0.2) is 4.79 Å². The number of guanidine groups is 1. The Morgan fingerprint density at radius 3 is 2.68 bits per heavy atom. The maximum atomic E-state index is 11.5. The molecule has 1 aromatic rings. The van der Waals surface area contributed by atoms with Crippen LogP contribution in [-0.4, -0.2) is 74.6 Å². The van der Waals surface area contributed by atoms with E-state index in [1.54, 1.807) is 7.05 Å². The van der Waals surface area contributed by atoms with Crippen LogP contribution in [0.1, 0.15) is 0 Å². The van der Waals surface area contributed by atoms with Gasteiger partial charge in [0.15, 0.2) is 5.96 Å². The molecule has 1 aliphatic rings. The molecule has 0 bridgehead atoms. The number of likely N-dealkylation sites (N-methyl/N-ethyl adjacent to an activating group) is 1. The van der Waals surface area contributed by atoms with Crippen molar-refractivity contribution >= 4 is 41.9 Å². The summed E-state index contributed by atoms with van der Waals surface area (Å²) in [4.78, 5) is 30.3. The van der Waals surface area contributed by atoms with E-state index >= 15 is 0 Å². The number of hydrogen-bond donors (Lipinski definition) is 2. The van der Waals surface area contributed by atoms with Crippen LogP contribution in [0.3, 0.4) is 0 Å². The third-order valence-corrected chi connectivity index (χ3v) is 3.57. The number of nitrogens with zero attached hydrogens (tertiary/aromatic N) is 3. The van der Waals surface area contributed by atoms with Gasteiger partial charge in [0.05, 0.1) is 13.1 Å². The van der Waals surface area contributed by atoms with Crippen LogP contribution >= 0.6 is 24.0 Å². The number of hydrogen-bond acceptors (Lipinski definition) is 4. The van der Waals surface area contributed by atoms with Crippen LogP contribution in [0.2, 0.25) is 0 Å². The Labute approximate surface area is 164 Å². The summed E-state index contributed by atoms with van der Waals surface area (Å²) in [6.07, 6.45) is 0. The Morgan fingerprint density at radius 2 is 2.08 bits per heavy atom. The van der Waals surface area contributed by atoms with Crippen LogP contribution in [0.5, 0.6) is 5.75 Å². The summed E-state index contributed by atoms with van der Waals surface area (Å²) >= 11 is 0. The van der Waals surface area contributed by atoms with Crippen molar-refractivity contribution in [1.29, 1.82) is 0 Å². The van der Waals surface area contributed by atoms with Gasteiger partial charge in [-0.05, 0) is 12.1 Å². The molecule has 0 atom stereocenters. The molecule has 25 heavy (non-hydrogen) atoms. The molecule has 0 radical (unpaired) electrons. The van der Waals surface area contributed by atoms with E-state index < -0.39 is 0 Å². The molecule has 1 fully saturated rings. The lowest BCUT2D eigenvalue weighted by atomic mass is 10.3. The van der Waals surface area contributed by atoms with E-state index in [-0.39, 0.29) is 42.5 Å². The maximum absolute atomic E-state index is 11.5. The molecule has 8 nitrogen and oxygen atoms in total. The fraction of sp³-hybridized carbons (Fsp3) is 0.438. The van der Waals surface area contributed by atoms with Gasteiger partial charge in [-0.2, -0.15) is 0 Å². The third kappa shape index (κ3) is 6.40. The van der Waals surface area contributed by atoms with E-state index in [1.165, 1.54) is 4.90 Å². The SMILES string of the molecule is CN=C(NCCN1C(=O)CNC1=O)N(C)CCOc1ccccc1.I. The van der Waals surface area contributed by atoms with Crippen LogP contribution in [0, 0.1) is 0 Å². The number of imide groups is 1. The van der Waals surface area contributed by atoms with Gasteiger partial charge in [-0.3, -0.25) is 14.7 Å². The number of carbonyl (C=O) groups excluding carboxylic acids is 2.